The molecule has 1 aliphatic rings. The maximum Gasteiger partial charge on any atom is 0.335 e. The monoisotopic (exact) mass is 305 g/mol. The average Bonchev–Trinajstić information content (AvgIpc) is 2.98. The first-order chi connectivity index (χ1) is 10.1. The molecular weight excluding hydrogens is 294 g/mol. The van der Waals surface area contributed by atoms with Gasteiger partial charge in [-0.1, -0.05) is 9.59 Å². The Balaban J connectivity index is 1.86. The number of rotatable bonds is 2. The van der Waals surface area contributed by atoms with Crippen LogP contribution < -0.4 is 10.2 Å². The second-order valence-electron chi connectivity index (χ2n) is 4.50. The highest BCUT2D eigenvalue weighted by Crippen LogP contribution is 2.28. The number of aryl methyl sites for hydroxylation is 1. The molecule has 21 heavy (non-hydrogen) atoms. The lowest BCUT2D eigenvalue weighted by Gasteiger charge is -2.29. The van der Waals surface area contributed by atoms with Gasteiger partial charge in [0.05, 0.1) is 5.56 Å². The number of carboxylic acid groups (broad SMARTS) is 1. The van der Waals surface area contributed by atoms with Crippen molar-refractivity contribution in [2.45, 2.75) is 12.8 Å². The SMILES string of the molecule is O=C(O)c1ccc2c(c1)CCCN2C(=O)Nc1nnns1. The number of hydrogen-bond acceptors (Lipinski definition) is 6. The van der Waals surface area contributed by atoms with Crippen LogP contribution in [0.2, 0.25) is 0 Å². The number of anilines is 2. The predicted octanol–water partition coefficient (Wildman–Crippen LogP) is 1.62. The van der Waals surface area contributed by atoms with Crippen molar-refractivity contribution in [2.75, 3.05) is 16.8 Å². The van der Waals surface area contributed by atoms with Crippen LogP contribution in [0.1, 0.15) is 22.3 Å². The lowest BCUT2D eigenvalue weighted by molar-refractivity contribution is 0.0696. The average molecular weight is 305 g/mol. The van der Waals surface area contributed by atoms with E-state index in [1.54, 1.807) is 17.0 Å². The largest absolute Gasteiger partial charge is 0.478 e. The molecule has 1 aliphatic heterocycles. The first kappa shape index (κ1) is 13.4. The van der Waals surface area contributed by atoms with Crippen LogP contribution in [0.15, 0.2) is 18.2 Å². The first-order valence-corrected chi connectivity index (χ1v) is 7.02. The molecule has 2 amide bonds. The van der Waals surface area contributed by atoms with E-state index in [4.69, 9.17) is 5.11 Å². The van der Waals surface area contributed by atoms with Crippen molar-refractivity contribution in [3.63, 3.8) is 0 Å². The zero-order valence-electron chi connectivity index (χ0n) is 10.8. The summed E-state index contributed by atoms with van der Waals surface area (Å²) < 4.78 is 3.58. The van der Waals surface area contributed by atoms with Crippen LogP contribution in [0.25, 0.3) is 0 Å². The van der Waals surface area contributed by atoms with E-state index in [1.165, 1.54) is 6.07 Å². The van der Waals surface area contributed by atoms with Crippen LogP contribution in [-0.4, -0.2) is 38.5 Å². The van der Waals surface area contributed by atoms with Crippen molar-refractivity contribution in [1.29, 1.82) is 0 Å². The smallest absolute Gasteiger partial charge is 0.335 e. The summed E-state index contributed by atoms with van der Waals surface area (Å²) in [6.45, 7) is 0.567. The quantitative estimate of drug-likeness (QED) is 0.872. The fourth-order valence-corrected chi connectivity index (χ4v) is 2.64. The van der Waals surface area contributed by atoms with Crippen molar-refractivity contribution < 1.29 is 14.7 Å². The number of urea groups is 1. The molecule has 1 aromatic heterocycles. The van der Waals surface area contributed by atoms with E-state index in [-0.39, 0.29) is 11.6 Å². The van der Waals surface area contributed by atoms with E-state index in [2.05, 4.69) is 20.1 Å². The van der Waals surface area contributed by atoms with E-state index >= 15 is 0 Å². The van der Waals surface area contributed by atoms with Crippen molar-refractivity contribution in [3.05, 3.63) is 29.3 Å². The molecule has 0 radical (unpaired) electrons. The molecular formula is C12H11N5O3S. The van der Waals surface area contributed by atoms with Gasteiger partial charge in [0, 0.05) is 23.8 Å². The van der Waals surface area contributed by atoms with Crippen LogP contribution in [0, 0.1) is 0 Å². The Hall–Kier alpha value is -2.55. The summed E-state index contributed by atoms with van der Waals surface area (Å²) in [5.41, 5.74) is 1.80. The van der Waals surface area contributed by atoms with Gasteiger partial charge in [-0.15, -0.1) is 0 Å². The summed E-state index contributed by atoms with van der Waals surface area (Å²) in [5.74, 6) is -0.973. The van der Waals surface area contributed by atoms with Gasteiger partial charge in [0.25, 0.3) is 0 Å². The van der Waals surface area contributed by atoms with Gasteiger partial charge in [-0.25, -0.2) is 9.59 Å². The summed E-state index contributed by atoms with van der Waals surface area (Å²) in [7, 11) is 0. The number of nitrogens with zero attached hydrogens (tertiary/aromatic N) is 4. The Morgan fingerprint density at radius 1 is 1.38 bits per heavy atom. The Kier molecular flexibility index (Phi) is 3.48. The molecule has 1 aromatic carbocycles. The summed E-state index contributed by atoms with van der Waals surface area (Å²) >= 11 is 0.994. The maximum atomic E-state index is 12.3. The summed E-state index contributed by atoms with van der Waals surface area (Å²) in [4.78, 5) is 24.8. The standard InChI is InChI=1S/C12H11N5O3S/c18-10(19)8-3-4-9-7(6-8)2-1-5-17(9)12(20)13-11-14-15-16-21-11/h3-4,6H,1-2,5H2,(H,18,19)(H,13,14,16,20). The van der Waals surface area contributed by atoms with E-state index in [0.717, 1.165) is 35.6 Å². The zero-order chi connectivity index (χ0) is 14.8. The highest BCUT2D eigenvalue weighted by atomic mass is 32.1. The Morgan fingerprint density at radius 2 is 2.24 bits per heavy atom. The number of fused-ring (bicyclic) bond motifs is 1. The molecule has 0 unspecified atom stereocenters. The number of nitrogens with one attached hydrogen (secondary N) is 1. The molecule has 8 nitrogen and oxygen atoms in total. The van der Waals surface area contributed by atoms with Crippen LogP contribution in [-0.2, 0) is 6.42 Å². The molecule has 0 atom stereocenters. The molecule has 3 rings (SSSR count). The molecule has 2 aromatic rings. The number of amides is 2. The molecule has 108 valence electrons. The van der Waals surface area contributed by atoms with Gasteiger partial charge in [-0.2, -0.15) is 0 Å². The van der Waals surface area contributed by atoms with Crippen molar-refractivity contribution >= 4 is 34.4 Å². The van der Waals surface area contributed by atoms with Gasteiger partial charge in [0.1, 0.15) is 0 Å². The minimum atomic E-state index is -0.973. The highest BCUT2D eigenvalue weighted by molar-refractivity contribution is 7.09. The Morgan fingerprint density at radius 3 is 2.95 bits per heavy atom. The summed E-state index contributed by atoms with van der Waals surface area (Å²) in [6, 6.07) is 4.45. The number of hydrogen-bond donors (Lipinski definition) is 2. The molecule has 0 bridgehead atoms. The fourth-order valence-electron chi connectivity index (χ4n) is 2.28. The predicted molar refractivity (Wildman–Crippen MR) is 75.8 cm³/mol. The molecule has 9 heteroatoms. The molecule has 0 fully saturated rings. The first-order valence-electron chi connectivity index (χ1n) is 6.25. The lowest BCUT2D eigenvalue weighted by atomic mass is 9.99. The fraction of sp³-hybridized carbons (Fsp3) is 0.250. The van der Waals surface area contributed by atoms with Crippen molar-refractivity contribution in [2.24, 2.45) is 0 Å². The third-order valence-corrected chi connectivity index (χ3v) is 3.71. The molecule has 2 heterocycles. The number of aromatic nitrogens is 3. The third-order valence-electron chi connectivity index (χ3n) is 3.20. The summed E-state index contributed by atoms with van der Waals surface area (Å²) in [5, 5.41) is 19.1. The van der Waals surface area contributed by atoms with Crippen LogP contribution in [0.3, 0.4) is 0 Å². The van der Waals surface area contributed by atoms with Gasteiger partial charge >= 0.3 is 12.0 Å². The van der Waals surface area contributed by atoms with Crippen molar-refractivity contribution in [1.82, 2.24) is 14.8 Å². The van der Waals surface area contributed by atoms with Crippen molar-refractivity contribution in [3.8, 4) is 0 Å². The van der Waals surface area contributed by atoms with E-state index in [1.807, 2.05) is 0 Å². The van der Waals surface area contributed by atoms with Gasteiger partial charge in [0.15, 0.2) is 0 Å². The van der Waals surface area contributed by atoms with Gasteiger partial charge in [-0.3, -0.25) is 10.2 Å². The normalized spacial score (nSPS) is 13.6. The van der Waals surface area contributed by atoms with E-state index in [0.29, 0.717) is 11.7 Å². The number of carbonyl (C=O) groups excluding carboxylic acids is 1. The third kappa shape index (κ3) is 2.68. The van der Waals surface area contributed by atoms with E-state index < -0.39 is 5.97 Å². The summed E-state index contributed by atoms with van der Waals surface area (Å²) in [6.07, 6.45) is 1.53. The zero-order valence-corrected chi connectivity index (χ0v) is 11.6. The molecule has 2 N–H and O–H groups in total. The van der Waals surface area contributed by atoms with E-state index in [9.17, 15) is 9.59 Å². The second kappa shape index (κ2) is 5.44. The molecule has 0 aliphatic carbocycles. The van der Waals surface area contributed by atoms with Gasteiger partial charge < -0.3 is 5.11 Å². The topological polar surface area (TPSA) is 108 Å². The molecule has 0 saturated carbocycles. The number of aromatic carboxylic acids is 1. The Bertz CT molecular complexity index is 688. The van der Waals surface area contributed by atoms with Gasteiger partial charge in [0.2, 0.25) is 5.13 Å². The van der Waals surface area contributed by atoms with Crippen LogP contribution in [0.5, 0.6) is 0 Å². The van der Waals surface area contributed by atoms with Gasteiger partial charge in [-0.05, 0) is 41.8 Å². The molecule has 0 saturated heterocycles. The molecule has 0 spiro atoms. The number of carbonyl (C=O) groups is 2. The highest BCUT2D eigenvalue weighted by Gasteiger charge is 2.24. The minimum Gasteiger partial charge on any atom is -0.478 e. The Labute approximate surface area is 123 Å². The number of carboxylic acids is 1. The number of benzene rings is 1. The van der Waals surface area contributed by atoms with Crippen LogP contribution in [0.4, 0.5) is 15.6 Å². The maximum absolute atomic E-state index is 12.3. The second-order valence-corrected chi connectivity index (χ2v) is 5.23. The minimum absolute atomic E-state index is 0.226. The lowest BCUT2D eigenvalue weighted by Crippen LogP contribution is -2.38. The van der Waals surface area contributed by atoms with Crippen LogP contribution >= 0.6 is 11.5 Å².